The number of hydrogen-bond acceptors (Lipinski definition) is 6. The third kappa shape index (κ3) is 6.18. The molecule has 0 bridgehead atoms. The molecule has 3 aromatic rings. The van der Waals surface area contributed by atoms with Crippen LogP contribution in [0.1, 0.15) is 22.3 Å². The van der Waals surface area contributed by atoms with E-state index < -0.39 is 0 Å². The standard InChI is InChI=1S/C24H26ClFN6O/c1-31-9-4-10-32(12-11-31)23(33)18-6-3-8-20(14-18)29-24-28-16-21(25)22(30-24)27-15-17-5-2-7-19(26)13-17/h2-3,5-8,13-14,16H,4,9-12,15H2,1H3,(H2,27,28,29,30). The van der Waals surface area contributed by atoms with Gasteiger partial charge in [-0.1, -0.05) is 29.8 Å². The lowest BCUT2D eigenvalue weighted by Crippen LogP contribution is -2.34. The van der Waals surface area contributed by atoms with Crippen LogP contribution < -0.4 is 10.6 Å². The lowest BCUT2D eigenvalue weighted by molar-refractivity contribution is 0.0763. The molecular formula is C24H26ClFN6O. The molecule has 33 heavy (non-hydrogen) atoms. The Morgan fingerprint density at radius 1 is 1.12 bits per heavy atom. The Morgan fingerprint density at radius 2 is 1.97 bits per heavy atom. The van der Waals surface area contributed by atoms with Crippen molar-refractivity contribution in [3.63, 3.8) is 0 Å². The van der Waals surface area contributed by atoms with Gasteiger partial charge in [-0.05, 0) is 55.9 Å². The zero-order valence-corrected chi connectivity index (χ0v) is 19.1. The first-order valence-electron chi connectivity index (χ1n) is 10.8. The van der Waals surface area contributed by atoms with Crippen molar-refractivity contribution in [3.8, 4) is 0 Å². The van der Waals surface area contributed by atoms with E-state index in [2.05, 4.69) is 32.5 Å². The molecule has 1 amide bonds. The highest BCUT2D eigenvalue weighted by molar-refractivity contribution is 6.32. The number of amides is 1. The number of likely N-dealkylation sites (N-methyl/N-ethyl adjacent to an activating group) is 1. The normalized spacial score (nSPS) is 14.6. The molecule has 0 atom stereocenters. The van der Waals surface area contributed by atoms with Gasteiger partial charge in [0.1, 0.15) is 10.8 Å². The molecule has 1 saturated heterocycles. The van der Waals surface area contributed by atoms with Gasteiger partial charge in [-0.2, -0.15) is 4.98 Å². The second-order valence-corrected chi connectivity index (χ2v) is 8.44. The van der Waals surface area contributed by atoms with Gasteiger partial charge in [0, 0.05) is 37.4 Å². The van der Waals surface area contributed by atoms with Crippen LogP contribution in [0.25, 0.3) is 0 Å². The number of carbonyl (C=O) groups is 1. The second-order valence-electron chi connectivity index (χ2n) is 8.03. The summed E-state index contributed by atoms with van der Waals surface area (Å²) in [7, 11) is 2.08. The maximum Gasteiger partial charge on any atom is 0.253 e. The van der Waals surface area contributed by atoms with Crippen LogP contribution in [0.3, 0.4) is 0 Å². The fraction of sp³-hybridized carbons (Fsp3) is 0.292. The molecule has 0 radical (unpaired) electrons. The summed E-state index contributed by atoms with van der Waals surface area (Å²) in [5.41, 5.74) is 2.08. The minimum atomic E-state index is -0.299. The first-order valence-corrected chi connectivity index (χ1v) is 11.2. The van der Waals surface area contributed by atoms with Crippen LogP contribution in [-0.4, -0.2) is 58.9 Å². The van der Waals surface area contributed by atoms with E-state index in [1.54, 1.807) is 12.1 Å². The SMILES string of the molecule is CN1CCCN(C(=O)c2cccc(Nc3ncc(Cl)c(NCc4cccc(F)c4)n3)c2)CC1. The number of rotatable bonds is 6. The lowest BCUT2D eigenvalue weighted by Gasteiger charge is -2.21. The van der Waals surface area contributed by atoms with E-state index >= 15 is 0 Å². The maximum absolute atomic E-state index is 13.4. The van der Waals surface area contributed by atoms with Crippen LogP contribution in [0.5, 0.6) is 0 Å². The smallest absolute Gasteiger partial charge is 0.253 e. The Balaban J connectivity index is 1.44. The first-order chi connectivity index (χ1) is 16.0. The minimum Gasteiger partial charge on any atom is -0.365 e. The van der Waals surface area contributed by atoms with E-state index in [0.717, 1.165) is 31.6 Å². The molecule has 0 aliphatic carbocycles. The summed E-state index contributed by atoms with van der Waals surface area (Å²) in [5, 5.41) is 6.60. The van der Waals surface area contributed by atoms with Gasteiger partial charge < -0.3 is 20.4 Å². The van der Waals surface area contributed by atoms with Crippen LogP contribution in [-0.2, 0) is 6.54 Å². The molecule has 2 heterocycles. The summed E-state index contributed by atoms with van der Waals surface area (Å²) in [6, 6.07) is 13.6. The predicted octanol–water partition coefficient (Wildman–Crippen LogP) is 4.40. The monoisotopic (exact) mass is 468 g/mol. The highest BCUT2D eigenvalue weighted by Crippen LogP contribution is 2.23. The topological polar surface area (TPSA) is 73.4 Å². The van der Waals surface area contributed by atoms with E-state index in [0.29, 0.717) is 41.1 Å². The van der Waals surface area contributed by atoms with Crippen LogP contribution in [0.4, 0.5) is 21.8 Å². The number of nitrogens with zero attached hydrogens (tertiary/aromatic N) is 4. The molecule has 1 aliphatic heterocycles. The van der Waals surface area contributed by atoms with Gasteiger partial charge in [0.15, 0.2) is 5.82 Å². The van der Waals surface area contributed by atoms with E-state index in [1.165, 1.54) is 18.3 Å². The van der Waals surface area contributed by atoms with Crippen molar-refractivity contribution in [2.45, 2.75) is 13.0 Å². The van der Waals surface area contributed by atoms with Crippen molar-refractivity contribution in [1.29, 1.82) is 0 Å². The molecular weight excluding hydrogens is 443 g/mol. The fourth-order valence-electron chi connectivity index (χ4n) is 3.68. The van der Waals surface area contributed by atoms with Gasteiger partial charge in [-0.15, -0.1) is 0 Å². The van der Waals surface area contributed by atoms with Gasteiger partial charge in [0.05, 0.1) is 6.20 Å². The van der Waals surface area contributed by atoms with Crippen molar-refractivity contribution in [2.75, 3.05) is 43.9 Å². The number of aromatic nitrogens is 2. The summed E-state index contributed by atoms with van der Waals surface area (Å²) < 4.78 is 13.4. The summed E-state index contributed by atoms with van der Waals surface area (Å²) in [4.78, 5) is 25.8. The quantitative estimate of drug-likeness (QED) is 0.558. The van der Waals surface area contributed by atoms with E-state index in [9.17, 15) is 9.18 Å². The molecule has 9 heteroatoms. The fourth-order valence-corrected chi connectivity index (χ4v) is 3.83. The summed E-state index contributed by atoms with van der Waals surface area (Å²) >= 11 is 6.23. The number of hydrogen-bond donors (Lipinski definition) is 2. The van der Waals surface area contributed by atoms with Gasteiger partial charge >= 0.3 is 0 Å². The van der Waals surface area contributed by atoms with Crippen molar-refractivity contribution < 1.29 is 9.18 Å². The Bertz CT molecular complexity index is 1130. The number of carbonyl (C=O) groups excluding carboxylic acids is 1. The molecule has 1 aromatic heterocycles. The van der Waals surface area contributed by atoms with Crippen molar-refractivity contribution >= 4 is 35.0 Å². The molecule has 2 N–H and O–H groups in total. The third-order valence-electron chi connectivity index (χ3n) is 5.47. The second kappa shape index (κ2) is 10.6. The minimum absolute atomic E-state index is 0.0171. The zero-order chi connectivity index (χ0) is 23.2. The molecule has 2 aromatic carbocycles. The highest BCUT2D eigenvalue weighted by Gasteiger charge is 2.19. The Kier molecular flexibility index (Phi) is 7.36. The molecule has 1 aliphatic rings. The average molecular weight is 469 g/mol. The Morgan fingerprint density at radius 3 is 2.82 bits per heavy atom. The third-order valence-corrected chi connectivity index (χ3v) is 5.74. The predicted molar refractivity (Wildman–Crippen MR) is 129 cm³/mol. The van der Waals surface area contributed by atoms with Gasteiger partial charge in [-0.3, -0.25) is 4.79 Å². The molecule has 0 saturated carbocycles. The van der Waals surface area contributed by atoms with Crippen molar-refractivity contribution in [1.82, 2.24) is 19.8 Å². The van der Waals surface area contributed by atoms with Crippen LogP contribution in [0.2, 0.25) is 5.02 Å². The molecule has 172 valence electrons. The van der Waals surface area contributed by atoms with Crippen LogP contribution in [0.15, 0.2) is 54.7 Å². The molecule has 7 nitrogen and oxygen atoms in total. The number of anilines is 3. The number of halogens is 2. The van der Waals surface area contributed by atoms with Crippen molar-refractivity contribution in [2.24, 2.45) is 0 Å². The molecule has 1 fully saturated rings. The average Bonchev–Trinajstić information content (AvgIpc) is 3.03. The van der Waals surface area contributed by atoms with Crippen molar-refractivity contribution in [3.05, 3.63) is 76.7 Å². The van der Waals surface area contributed by atoms with E-state index in [4.69, 9.17) is 11.6 Å². The summed E-state index contributed by atoms with van der Waals surface area (Å²) in [5.74, 6) is 0.483. The first kappa shape index (κ1) is 22.9. The van der Waals surface area contributed by atoms with Crippen LogP contribution in [0, 0.1) is 5.82 Å². The zero-order valence-electron chi connectivity index (χ0n) is 18.4. The number of benzene rings is 2. The van der Waals surface area contributed by atoms with E-state index in [1.807, 2.05) is 29.2 Å². The van der Waals surface area contributed by atoms with Gasteiger partial charge in [-0.25, -0.2) is 9.37 Å². The summed E-state index contributed by atoms with van der Waals surface area (Å²) in [6.45, 7) is 3.70. The van der Waals surface area contributed by atoms with Gasteiger partial charge in [0.25, 0.3) is 5.91 Å². The maximum atomic E-state index is 13.4. The highest BCUT2D eigenvalue weighted by atomic mass is 35.5. The lowest BCUT2D eigenvalue weighted by atomic mass is 10.1. The molecule has 0 spiro atoms. The Hall–Kier alpha value is -3.23. The largest absolute Gasteiger partial charge is 0.365 e. The van der Waals surface area contributed by atoms with Gasteiger partial charge in [0.2, 0.25) is 5.95 Å². The van der Waals surface area contributed by atoms with E-state index in [-0.39, 0.29) is 11.7 Å². The molecule has 0 unspecified atom stereocenters. The summed E-state index contributed by atoms with van der Waals surface area (Å²) in [6.07, 6.45) is 2.46. The molecule has 4 rings (SSSR count). The Labute approximate surface area is 197 Å². The van der Waals surface area contributed by atoms with Crippen LogP contribution >= 0.6 is 11.6 Å². The number of nitrogens with one attached hydrogen (secondary N) is 2.